The van der Waals surface area contributed by atoms with Gasteiger partial charge in [0.2, 0.25) is 5.91 Å². The van der Waals surface area contributed by atoms with Crippen molar-refractivity contribution in [2.75, 3.05) is 6.54 Å². The van der Waals surface area contributed by atoms with E-state index in [9.17, 15) is 4.79 Å². The van der Waals surface area contributed by atoms with Crippen LogP contribution in [0.5, 0.6) is 0 Å². The average molecular weight is 255 g/mol. The lowest BCUT2D eigenvalue weighted by atomic mass is 10.1. The van der Waals surface area contributed by atoms with Gasteiger partial charge in [-0.3, -0.25) is 4.79 Å². The number of aryl methyl sites for hydroxylation is 1. The van der Waals surface area contributed by atoms with E-state index in [1.807, 2.05) is 38.1 Å². The molecule has 0 spiro atoms. The van der Waals surface area contributed by atoms with Crippen LogP contribution in [0.1, 0.15) is 25.8 Å². The minimum Gasteiger partial charge on any atom is -0.354 e. The molecule has 0 saturated carbocycles. The van der Waals surface area contributed by atoms with Gasteiger partial charge in [0.25, 0.3) is 0 Å². The normalized spacial score (nSPS) is 11.3. The van der Waals surface area contributed by atoms with E-state index in [0.717, 1.165) is 5.56 Å². The zero-order valence-corrected chi connectivity index (χ0v) is 11.1. The highest BCUT2D eigenvalue weighted by Crippen LogP contribution is 2.10. The fourth-order valence-electron chi connectivity index (χ4n) is 1.32. The Labute approximate surface area is 107 Å². The summed E-state index contributed by atoms with van der Waals surface area (Å²) in [4.78, 5) is 11.5. The highest BCUT2D eigenvalue weighted by atomic mass is 35.5. The van der Waals surface area contributed by atoms with E-state index < -0.39 is 0 Å². The molecule has 0 aliphatic rings. The number of carbonyl (C=O) groups is 1. The molecule has 3 N–H and O–H groups in total. The third-order valence-electron chi connectivity index (χ3n) is 2.30. The van der Waals surface area contributed by atoms with Crippen LogP contribution in [0.2, 0.25) is 5.02 Å². The summed E-state index contributed by atoms with van der Waals surface area (Å²) in [6.07, 6.45) is 1.19. The van der Waals surface area contributed by atoms with Crippen LogP contribution in [-0.2, 0) is 11.2 Å². The number of carbonyl (C=O) groups excluding carboxylic acids is 1. The summed E-state index contributed by atoms with van der Waals surface area (Å²) in [6.45, 7) is 4.26. The number of nitrogens with two attached hydrogens (primary N) is 1. The van der Waals surface area contributed by atoms with Crippen LogP contribution in [0.4, 0.5) is 0 Å². The van der Waals surface area contributed by atoms with Gasteiger partial charge in [-0.2, -0.15) is 0 Å². The number of rotatable bonds is 5. The Morgan fingerprint density at radius 1 is 1.35 bits per heavy atom. The molecular weight excluding hydrogens is 236 g/mol. The van der Waals surface area contributed by atoms with Crippen molar-refractivity contribution in [1.29, 1.82) is 0 Å². The van der Waals surface area contributed by atoms with Gasteiger partial charge in [0, 0.05) is 23.5 Å². The third kappa shape index (κ3) is 6.29. The van der Waals surface area contributed by atoms with Gasteiger partial charge >= 0.3 is 0 Å². The van der Waals surface area contributed by atoms with Crippen molar-refractivity contribution < 1.29 is 4.79 Å². The standard InChI is InChI=1S/C13H19ClN2O/c1-13(2,15)9-16-12(17)8-5-10-3-6-11(14)7-4-10/h3-4,6-7H,5,8-9,15H2,1-2H3,(H,16,17). The van der Waals surface area contributed by atoms with Crippen LogP contribution in [-0.4, -0.2) is 18.0 Å². The van der Waals surface area contributed by atoms with E-state index in [0.29, 0.717) is 24.4 Å². The second-order valence-corrected chi connectivity index (χ2v) is 5.33. The molecular formula is C13H19ClN2O. The minimum atomic E-state index is -0.365. The van der Waals surface area contributed by atoms with Crippen molar-refractivity contribution in [1.82, 2.24) is 5.32 Å². The Morgan fingerprint density at radius 3 is 2.47 bits per heavy atom. The molecule has 0 saturated heterocycles. The summed E-state index contributed by atoms with van der Waals surface area (Å²) in [5.74, 6) is 0.0264. The number of nitrogens with one attached hydrogen (secondary N) is 1. The molecule has 1 aromatic rings. The third-order valence-corrected chi connectivity index (χ3v) is 2.55. The summed E-state index contributed by atoms with van der Waals surface area (Å²) in [5.41, 5.74) is 6.52. The van der Waals surface area contributed by atoms with Gasteiger partial charge in [-0.05, 0) is 38.0 Å². The average Bonchev–Trinajstić information content (AvgIpc) is 2.25. The predicted octanol–water partition coefficient (Wildman–Crippen LogP) is 2.13. The maximum absolute atomic E-state index is 11.5. The van der Waals surface area contributed by atoms with E-state index >= 15 is 0 Å². The van der Waals surface area contributed by atoms with Crippen LogP contribution < -0.4 is 11.1 Å². The Hall–Kier alpha value is -1.06. The number of hydrogen-bond donors (Lipinski definition) is 2. The summed E-state index contributed by atoms with van der Waals surface area (Å²) < 4.78 is 0. The quantitative estimate of drug-likeness (QED) is 0.846. The molecule has 1 amide bonds. The second-order valence-electron chi connectivity index (χ2n) is 4.89. The predicted molar refractivity (Wildman–Crippen MR) is 71.0 cm³/mol. The van der Waals surface area contributed by atoms with Crippen molar-refractivity contribution in [2.45, 2.75) is 32.2 Å². The highest BCUT2D eigenvalue weighted by molar-refractivity contribution is 6.30. The van der Waals surface area contributed by atoms with Gasteiger partial charge in [-0.25, -0.2) is 0 Å². The fourth-order valence-corrected chi connectivity index (χ4v) is 1.45. The number of benzene rings is 1. The molecule has 0 heterocycles. The number of amides is 1. The Balaban J connectivity index is 2.31. The first-order valence-electron chi connectivity index (χ1n) is 5.67. The Kier molecular flexibility index (Phi) is 4.97. The SMILES string of the molecule is CC(C)(N)CNC(=O)CCc1ccc(Cl)cc1. The van der Waals surface area contributed by atoms with Gasteiger partial charge in [-0.1, -0.05) is 23.7 Å². The van der Waals surface area contributed by atoms with E-state index in [4.69, 9.17) is 17.3 Å². The summed E-state index contributed by atoms with van der Waals surface area (Å²) in [6, 6.07) is 7.53. The number of hydrogen-bond acceptors (Lipinski definition) is 2. The van der Waals surface area contributed by atoms with E-state index in [1.54, 1.807) is 0 Å². The molecule has 0 radical (unpaired) electrons. The van der Waals surface area contributed by atoms with Crippen LogP contribution >= 0.6 is 11.6 Å². The van der Waals surface area contributed by atoms with Crippen molar-refractivity contribution in [3.63, 3.8) is 0 Å². The smallest absolute Gasteiger partial charge is 0.220 e. The monoisotopic (exact) mass is 254 g/mol. The zero-order valence-electron chi connectivity index (χ0n) is 10.3. The molecule has 3 nitrogen and oxygen atoms in total. The molecule has 0 aliphatic carbocycles. The maximum Gasteiger partial charge on any atom is 0.220 e. The fraction of sp³-hybridized carbons (Fsp3) is 0.462. The first-order chi connectivity index (χ1) is 7.87. The van der Waals surface area contributed by atoms with E-state index in [-0.39, 0.29) is 11.4 Å². The van der Waals surface area contributed by atoms with Gasteiger partial charge < -0.3 is 11.1 Å². The summed E-state index contributed by atoms with van der Waals surface area (Å²) in [5, 5.41) is 3.53. The topological polar surface area (TPSA) is 55.1 Å². The Morgan fingerprint density at radius 2 is 1.94 bits per heavy atom. The summed E-state index contributed by atoms with van der Waals surface area (Å²) >= 11 is 5.78. The maximum atomic E-state index is 11.5. The number of halogens is 1. The Bertz CT molecular complexity index is 368. The van der Waals surface area contributed by atoms with Crippen LogP contribution in [0.25, 0.3) is 0 Å². The van der Waals surface area contributed by atoms with Crippen molar-refractivity contribution in [3.05, 3.63) is 34.9 Å². The van der Waals surface area contributed by atoms with Crippen LogP contribution in [0.15, 0.2) is 24.3 Å². The molecule has 17 heavy (non-hydrogen) atoms. The molecule has 1 rings (SSSR count). The molecule has 0 unspecified atom stereocenters. The van der Waals surface area contributed by atoms with Gasteiger partial charge in [0.05, 0.1) is 0 Å². The molecule has 1 aromatic carbocycles. The second kappa shape index (κ2) is 6.03. The molecule has 0 aromatic heterocycles. The molecule has 0 bridgehead atoms. The lowest BCUT2D eigenvalue weighted by Gasteiger charge is -2.18. The molecule has 0 atom stereocenters. The minimum absolute atomic E-state index is 0.0264. The van der Waals surface area contributed by atoms with Crippen molar-refractivity contribution in [2.24, 2.45) is 5.73 Å². The van der Waals surface area contributed by atoms with Crippen molar-refractivity contribution in [3.8, 4) is 0 Å². The molecule has 4 heteroatoms. The first kappa shape index (κ1) is 14.0. The molecule has 0 aliphatic heterocycles. The lowest BCUT2D eigenvalue weighted by Crippen LogP contribution is -2.45. The molecule has 94 valence electrons. The lowest BCUT2D eigenvalue weighted by molar-refractivity contribution is -0.121. The van der Waals surface area contributed by atoms with Gasteiger partial charge in [0.15, 0.2) is 0 Å². The molecule has 0 fully saturated rings. The zero-order chi connectivity index (χ0) is 12.9. The van der Waals surface area contributed by atoms with Gasteiger partial charge in [0.1, 0.15) is 0 Å². The largest absolute Gasteiger partial charge is 0.354 e. The van der Waals surface area contributed by atoms with E-state index in [1.165, 1.54) is 0 Å². The highest BCUT2D eigenvalue weighted by Gasteiger charge is 2.11. The van der Waals surface area contributed by atoms with Crippen LogP contribution in [0.3, 0.4) is 0 Å². The van der Waals surface area contributed by atoms with E-state index in [2.05, 4.69) is 5.32 Å². The summed E-state index contributed by atoms with van der Waals surface area (Å²) in [7, 11) is 0. The first-order valence-corrected chi connectivity index (χ1v) is 6.05. The van der Waals surface area contributed by atoms with Crippen molar-refractivity contribution >= 4 is 17.5 Å². The van der Waals surface area contributed by atoms with Gasteiger partial charge in [-0.15, -0.1) is 0 Å². The van der Waals surface area contributed by atoms with Crippen LogP contribution in [0, 0.1) is 0 Å².